The summed E-state index contributed by atoms with van der Waals surface area (Å²) in [5.74, 6) is 0.872. The van der Waals surface area contributed by atoms with Crippen LogP contribution in [0.4, 0.5) is 5.13 Å². The van der Waals surface area contributed by atoms with E-state index in [9.17, 15) is 4.79 Å². The van der Waals surface area contributed by atoms with Gasteiger partial charge in [0.2, 0.25) is 11.0 Å². The summed E-state index contributed by atoms with van der Waals surface area (Å²) in [5, 5.41) is 3.68. The first-order chi connectivity index (χ1) is 7.22. The highest BCUT2D eigenvalue weighted by atomic mass is 32.1. The molecule has 0 bridgehead atoms. The molecule has 2 heterocycles. The first-order valence-electron chi connectivity index (χ1n) is 5.07. The minimum Gasteiger partial charge on any atom is -0.354 e. The molecule has 1 aliphatic heterocycles. The van der Waals surface area contributed by atoms with Crippen molar-refractivity contribution in [1.82, 2.24) is 14.7 Å². The molecule has 1 saturated heterocycles. The highest BCUT2D eigenvalue weighted by Gasteiger charge is 2.31. The molecule has 1 aromatic heterocycles. The number of hydrogen-bond donors (Lipinski definition) is 1. The molecule has 0 aliphatic carbocycles. The van der Waals surface area contributed by atoms with Crippen LogP contribution in [0.5, 0.6) is 0 Å². The highest BCUT2D eigenvalue weighted by molar-refractivity contribution is 7.09. The van der Waals surface area contributed by atoms with Crippen LogP contribution in [0.2, 0.25) is 0 Å². The first-order valence-corrected chi connectivity index (χ1v) is 5.84. The maximum atomic E-state index is 11.6. The predicted octanol–water partition coefficient (Wildman–Crippen LogP) is 0.561. The summed E-state index contributed by atoms with van der Waals surface area (Å²) in [7, 11) is 0. The van der Waals surface area contributed by atoms with Crippen molar-refractivity contribution in [3.05, 3.63) is 5.82 Å². The van der Waals surface area contributed by atoms with Gasteiger partial charge in [-0.05, 0) is 20.3 Å². The Labute approximate surface area is 92.7 Å². The second kappa shape index (κ2) is 4.14. The molecule has 1 fully saturated rings. The molecule has 1 aromatic rings. The molecule has 82 valence electrons. The maximum Gasteiger partial charge on any atom is 0.242 e. The quantitative estimate of drug-likeness (QED) is 0.818. The lowest BCUT2D eigenvalue weighted by Gasteiger charge is -2.24. The third kappa shape index (κ3) is 1.94. The van der Waals surface area contributed by atoms with E-state index in [1.54, 1.807) is 0 Å². The molecular formula is C9H14N4OS. The molecule has 0 radical (unpaired) electrons. The number of carbonyl (C=O) groups excluding carboxylic acids is 1. The van der Waals surface area contributed by atoms with Gasteiger partial charge in [0.1, 0.15) is 11.9 Å². The molecule has 5 nitrogen and oxygen atoms in total. The van der Waals surface area contributed by atoms with Crippen molar-refractivity contribution >= 4 is 22.6 Å². The third-order valence-electron chi connectivity index (χ3n) is 2.50. The van der Waals surface area contributed by atoms with Crippen molar-refractivity contribution in [2.75, 3.05) is 18.0 Å². The Morgan fingerprint density at radius 1 is 1.67 bits per heavy atom. The second-order valence-corrected chi connectivity index (χ2v) is 4.24. The zero-order valence-electron chi connectivity index (χ0n) is 8.86. The molecular weight excluding hydrogens is 212 g/mol. The number of aryl methyl sites for hydroxylation is 1. The number of anilines is 1. The summed E-state index contributed by atoms with van der Waals surface area (Å²) in [5.41, 5.74) is 0. The van der Waals surface area contributed by atoms with E-state index >= 15 is 0 Å². The van der Waals surface area contributed by atoms with Crippen LogP contribution < -0.4 is 10.2 Å². The number of aromatic nitrogens is 2. The van der Waals surface area contributed by atoms with E-state index < -0.39 is 0 Å². The molecule has 2 rings (SSSR count). The average Bonchev–Trinajstić information content (AvgIpc) is 2.79. The van der Waals surface area contributed by atoms with Gasteiger partial charge >= 0.3 is 0 Å². The first kappa shape index (κ1) is 10.4. The third-order valence-corrected chi connectivity index (χ3v) is 3.34. The normalized spacial score (nSPS) is 20.4. The van der Waals surface area contributed by atoms with Crippen LogP contribution in [0.1, 0.15) is 19.2 Å². The lowest BCUT2D eigenvalue weighted by atomic mass is 10.2. The Kier molecular flexibility index (Phi) is 2.86. The molecule has 0 spiro atoms. The molecule has 0 aromatic carbocycles. The van der Waals surface area contributed by atoms with E-state index in [1.807, 2.05) is 18.7 Å². The largest absolute Gasteiger partial charge is 0.354 e. The van der Waals surface area contributed by atoms with Crippen LogP contribution in [0.3, 0.4) is 0 Å². The zero-order chi connectivity index (χ0) is 10.8. The molecule has 15 heavy (non-hydrogen) atoms. The van der Waals surface area contributed by atoms with E-state index in [2.05, 4.69) is 14.7 Å². The van der Waals surface area contributed by atoms with Gasteiger partial charge in [0.25, 0.3) is 0 Å². The standard InChI is InChI=1S/C9H14N4OS/c1-3-13(7-4-5-10-8(7)14)9-11-6(2)12-15-9/h7H,3-5H2,1-2H3,(H,10,14). The van der Waals surface area contributed by atoms with Crippen molar-refractivity contribution in [2.24, 2.45) is 0 Å². The molecule has 6 heteroatoms. The lowest BCUT2D eigenvalue weighted by molar-refractivity contribution is -0.120. The maximum absolute atomic E-state index is 11.6. The van der Waals surface area contributed by atoms with Crippen molar-refractivity contribution in [2.45, 2.75) is 26.3 Å². The monoisotopic (exact) mass is 226 g/mol. The summed E-state index contributed by atoms with van der Waals surface area (Å²) < 4.78 is 4.14. The fourth-order valence-corrected chi connectivity index (χ4v) is 2.56. The summed E-state index contributed by atoms with van der Waals surface area (Å²) in [4.78, 5) is 17.9. The van der Waals surface area contributed by atoms with Crippen molar-refractivity contribution in [3.8, 4) is 0 Å². The number of carbonyl (C=O) groups is 1. The van der Waals surface area contributed by atoms with Crippen molar-refractivity contribution < 1.29 is 4.79 Å². The van der Waals surface area contributed by atoms with Gasteiger partial charge in [-0.3, -0.25) is 4.79 Å². The van der Waals surface area contributed by atoms with Crippen LogP contribution in [0, 0.1) is 6.92 Å². The number of rotatable bonds is 3. The van der Waals surface area contributed by atoms with E-state index in [4.69, 9.17) is 0 Å². The van der Waals surface area contributed by atoms with Crippen molar-refractivity contribution in [1.29, 1.82) is 0 Å². The van der Waals surface area contributed by atoms with Crippen LogP contribution in [-0.2, 0) is 4.79 Å². The van der Waals surface area contributed by atoms with E-state index in [0.717, 1.165) is 30.5 Å². The molecule has 1 N–H and O–H groups in total. The summed E-state index contributed by atoms with van der Waals surface area (Å²) in [6.45, 7) is 5.44. The Hall–Kier alpha value is -1.17. The van der Waals surface area contributed by atoms with Crippen LogP contribution in [-0.4, -0.2) is 34.4 Å². The Bertz CT molecular complexity index is 365. The molecule has 1 unspecified atom stereocenters. The van der Waals surface area contributed by atoms with E-state index in [-0.39, 0.29) is 11.9 Å². The Morgan fingerprint density at radius 3 is 2.93 bits per heavy atom. The molecule has 1 aliphatic rings. The van der Waals surface area contributed by atoms with Gasteiger partial charge in [-0.25, -0.2) is 4.98 Å². The minimum absolute atomic E-state index is 0.0673. The van der Waals surface area contributed by atoms with E-state index in [1.165, 1.54) is 11.5 Å². The van der Waals surface area contributed by atoms with E-state index in [0.29, 0.717) is 0 Å². The lowest BCUT2D eigenvalue weighted by Crippen LogP contribution is -2.40. The topological polar surface area (TPSA) is 58.1 Å². The average molecular weight is 226 g/mol. The molecule has 0 saturated carbocycles. The van der Waals surface area contributed by atoms with Gasteiger partial charge in [-0.2, -0.15) is 4.37 Å². The van der Waals surface area contributed by atoms with Crippen molar-refractivity contribution in [3.63, 3.8) is 0 Å². The van der Waals surface area contributed by atoms with Crippen LogP contribution in [0.15, 0.2) is 0 Å². The fraction of sp³-hybridized carbons (Fsp3) is 0.667. The molecule has 1 amide bonds. The number of likely N-dealkylation sites (N-methyl/N-ethyl adjacent to an activating group) is 1. The molecule has 1 atom stereocenters. The number of hydrogen-bond acceptors (Lipinski definition) is 5. The van der Waals surface area contributed by atoms with Crippen LogP contribution in [0.25, 0.3) is 0 Å². The number of nitrogens with zero attached hydrogens (tertiary/aromatic N) is 3. The van der Waals surface area contributed by atoms with Gasteiger partial charge in [0.05, 0.1) is 0 Å². The SMILES string of the molecule is CCN(c1nc(C)ns1)C1CCNC1=O. The highest BCUT2D eigenvalue weighted by Crippen LogP contribution is 2.22. The summed E-state index contributed by atoms with van der Waals surface area (Å²) in [6.07, 6.45) is 0.852. The second-order valence-electron chi connectivity index (χ2n) is 3.51. The number of nitrogens with one attached hydrogen (secondary N) is 1. The smallest absolute Gasteiger partial charge is 0.242 e. The summed E-state index contributed by atoms with van der Waals surface area (Å²) >= 11 is 1.36. The Morgan fingerprint density at radius 2 is 2.47 bits per heavy atom. The van der Waals surface area contributed by atoms with Gasteiger partial charge in [-0.1, -0.05) is 0 Å². The predicted molar refractivity (Wildman–Crippen MR) is 59.1 cm³/mol. The van der Waals surface area contributed by atoms with Crippen LogP contribution >= 0.6 is 11.5 Å². The number of amides is 1. The van der Waals surface area contributed by atoms with Gasteiger partial charge < -0.3 is 10.2 Å². The zero-order valence-corrected chi connectivity index (χ0v) is 9.67. The fourth-order valence-electron chi connectivity index (χ4n) is 1.77. The van der Waals surface area contributed by atoms with Gasteiger partial charge in [0.15, 0.2) is 0 Å². The van der Waals surface area contributed by atoms with Gasteiger partial charge in [-0.15, -0.1) is 0 Å². The minimum atomic E-state index is -0.0673. The summed E-state index contributed by atoms with van der Waals surface area (Å²) in [6, 6.07) is -0.0673. The van der Waals surface area contributed by atoms with Gasteiger partial charge in [0, 0.05) is 24.6 Å². The Balaban J connectivity index is 2.20.